The van der Waals surface area contributed by atoms with Crippen molar-refractivity contribution in [1.82, 2.24) is 0 Å². The van der Waals surface area contributed by atoms with E-state index >= 15 is 0 Å². The first-order valence-electron chi connectivity index (χ1n) is 8.44. The zero-order chi connectivity index (χ0) is 23.0. The van der Waals surface area contributed by atoms with E-state index in [1.165, 1.54) is 31.2 Å². The van der Waals surface area contributed by atoms with Crippen LogP contribution in [-0.2, 0) is 4.79 Å². The molecule has 0 radical (unpaired) electrons. The molecule has 0 N–H and O–H groups in total. The van der Waals surface area contributed by atoms with E-state index in [1.54, 1.807) is 0 Å². The van der Waals surface area contributed by atoms with Gasteiger partial charge in [-0.2, -0.15) is 10.1 Å². The normalized spacial score (nSPS) is 15.0. The summed E-state index contributed by atoms with van der Waals surface area (Å²) in [7, 11) is 0. The molecule has 0 aliphatic carbocycles. The molecule has 3 rings (SSSR count). The third-order valence-electron chi connectivity index (χ3n) is 4.14. The van der Waals surface area contributed by atoms with Crippen LogP contribution < -0.4 is 9.75 Å². The zero-order valence-electron chi connectivity index (χ0n) is 15.6. The van der Waals surface area contributed by atoms with Gasteiger partial charge in [0.15, 0.2) is 23.3 Å². The van der Waals surface area contributed by atoms with Crippen molar-refractivity contribution in [3.05, 3.63) is 75.1 Å². The highest BCUT2D eigenvalue weighted by Crippen LogP contribution is 2.37. The molecule has 1 heterocycles. The standard InChI is InChI=1S/C20H11Cl2F5N2O2/c1-3-4-31-19-9(5-10(21)7-12(19)22)6-11-8(2)28-29(20(11)30)18-16(26)14(24)13(23)15(25)17(18)27/h3,5-7H,1,4H2,2H3/b11-6-. The SMILES string of the molecule is C=CCOc1c(Cl)cc(Cl)cc1/C=C1\C(=O)N(c2c(F)c(F)c(F)c(F)c2F)N=C1C. The lowest BCUT2D eigenvalue weighted by atomic mass is 10.1. The van der Waals surface area contributed by atoms with Crippen LogP contribution in [0.1, 0.15) is 12.5 Å². The van der Waals surface area contributed by atoms with Crippen molar-refractivity contribution in [2.24, 2.45) is 5.10 Å². The van der Waals surface area contributed by atoms with Gasteiger partial charge in [-0.1, -0.05) is 35.9 Å². The van der Waals surface area contributed by atoms with E-state index in [-0.39, 0.29) is 44.3 Å². The van der Waals surface area contributed by atoms with Crippen LogP contribution in [0.4, 0.5) is 27.6 Å². The molecule has 1 amide bonds. The second-order valence-electron chi connectivity index (χ2n) is 6.18. The Hall–Kier alpha value is -2.91. The third-order valence-corrected chi connectivity index (χ3v) is 4.64. The van der Waals surface area contributed by atoms with Crippen molar-refractivity contribution in [3.8, 4) is 5.75 Å². The Kier molecular flexibility index (Phi) is 6.38. The molecular formula is C20H11Cl2F5N2O2. The fourth-order valence-electron chi connectivity index (χ4n) is 2.75. The number of rotatable bonds is 5. The first-order chi connectivity index (χ1) is 14.6. The lowest BCUT2D eigenvalue weighted by Crippen LogP contribution is -2.25. The zero-order valence-corrected chi connectivity index (χ0v) is 17.1. The number of carbonyl (C=O) groups is 1. The Morgan fingerprint density at radius 3 is 2.23 bits per heavy atom. The fraction of sp³-hybridized carbons (Fsp3) is 0.100. The summed E-state index contributed by atoms with van der Waals surface area (Å²) in [5.41, 5.74) is -1.53. The molecule has 2 aromatic rings. The van der Waals surface area contributed by atoms with Crippen LogP contribution >= 0.6 is 23.2 Å². The summed E-state index contributed by atoms with van der Waals surface area (Å²) >= 11 is 12.1. The molecule has 0 fully saturated rings. The Morgan fingerprint density at radius 2 is 1.65 bits per heavy atom. The molecule has 0 bridgehead atoms. The average Bonchev–Trinajstić information content (AvgIpc) is 2.98. The maximum absolute atomic E-state index is 14.2. The van der Waals surface area contributed by atoms with Crippen LogP contribution in [0.3, 0.4) is 0 Å². The van der Waals surface area contributed by atoms with Crippen molar-refractivity contribution in [2.45, 2.75) is 6.92 Å². The minimum atomic E-state index is -2.35. The lowest BCUT2D eigenvalue weighted by molar-refractivity contribution is -0.114. The maximum atomic E-state index is 14.2. The molecule has 1 aliphatic rings. The average molecular weight is 477 g/mol. The lowest BCUT2D eigenvalue weighted by Gasteiger charge is -2.15. The summed E-state index contributed by atoms with van der Waals surface area (Å²) in [5, 5.41) is 4.07. The Bertz CT molecular complexity index is 1150. The topological polar surface area (TPSA) is 41.9 Å². The number of hydrazone groups is 1. The number of hydrogen-bond donors (Lipinski definition) is 0. The van der Waals surface area contributed by atoms with Crippen LogP contribution in [0.15, 0.2) is 35.5 Å². The molecule has 2 aromatic carbocycles. The van der Waals surface area contributed by atoms with Gasteiger partial charge in [-0.05, 0) is 25.1 Å². The number of nitrogens with zero attached hydrogens (tertiary/aromatic N) is 2. The van der Waals surface area contributed by atoms with E-state index in [0.717, 1.165) is 0 Å². The smallest absolute Gasteiger partial charge is 0.280 e. The van der Waals surface area contributed by atoms with Gasteiger partial charge in [0, 0.05) is 10.6 Å². The Labute approximate surface area is 182 Å². The summed E-state index contributed by atoms with van der Waals surface area (Å²) in [4.78, 5) is 12.8. The van der Waals surface area contributed by atoms with E-state index < -0.39 is 40.7 Å². The van der Waals surface area contributed by atoms with E-state index in [9.17, 15) is 26.7 Å². The molecule has 0 unspecified atom stereocenters. The highest BCUT2D eigenvalue weighted by molar-refractivity contribution is 6.36. The third kappa shape index (κ3) is 4.03. The number of ether oxygens (including phenoxy) is 1. The predicted molar refractivity (Wildman–Crippen MR) is 107 cm³/mol. The summed E-state index contributed by atoms with van der Waals surface area (Å²) in [6.45, 7) is 4.89. The summed E-state index contributed by atoms with van der Waals surface area (Å²) < 4.78 is 74.2. The van der Waals surface area contributed by atoms with Crippen molar-refractivity contribution >= 4 is 46.6 Å². The van der Waals surface area contributed by atoms with Crippen LogP contribution in [0.2, 0.25) is 10.0 Å². The molecule has 0 saturated carbocycles. The Morgan fingerprint density at radius 1 is 1.06 bits per heavy atom. The van der Waals surface area contributed by atoms with E-state index in [4.69, 9.17) is 27.9 Å². The van der Waals surface area contributed by atoms with Gasteiger partial charge in [0.05, 0.1) is 16.3 Å². The first kappa shape index (κ1) is 22.8. The van der Waals surface area contributed by atoms with Gasteiger partial charge in [0.25, 0.3) is 5.91 Å². The minimum absolute atomic E-state index is 0.0558. The van der Waals surface area contributed by atoms with Crippen molar-refractivity contribution in [1.29, 1.82) is 0 Å². The van der Waals surface area contributed by atoms with Crippen molar-refractivity contribution < 1.29 is 31.5 Å². The van der Waals surface area contributed by atoms with E-state index in [1.807, 2.05) is 0 Å². The molecule has 0 spiro atoms. The van der Waals surface area contributed by atoms with Gasteiger partial charge in [0.1, 0.15) is 18.0 Å². The molecule has 11 heteroatoms. The number of benzene rings is 2. The summed E-state index contributed by atoms with van der Waals surface area (Å²) in [6, 6.07) is 2.79. The van der Waals surface area contributed by atoms with E-state index in [0.29, 0.717) is 0 Å². The molecule has 1 aliphatic heterocycles. The van der Waals surface area contributed by atoms with Crippen LogP contribution in [0, 0.1) is 29.1 Å². The second kappa shape index (κ2) is 8.68. The highest BCUT2D eigenvalue weighted by Gasteiger charge is 2.37. The first-order valence-corrected chi connectivity index (χ1v) is 9.20. The monoisotopic (exact) mass is 476 g/mol. The molecule has 0 saturated heterocycles. The molecule has 31 heavy (non-hydrogen) atoms. The predicted octanol–water partition coefficient (Wildman–Crippen LogP) is 6.06. The van der Waals surface area contributed by atoms with Gasteiger partial charge >= 0.3 is 0 Å². The van der Waals surface area contributed by atoms with Gasteiger partial charge in [-0.15, -0.1) is 0 Å². The molecule has 0 atom stereocenters. The number of hydrogen-bond acceptors (Lipinski definition) is 3. The van der Waals surface area contributed by atoms with Gasteiger partial charge < -0.3 is 4.74 Å². The van der Waals surface area contributed by atoms with Gasteiger partial charge in [-0.25, -0.2) is 22.0 Å². The number of anilines is 1. The van der Waals surface area contributed by atoms with Gasteiger partial charge in [0.2, 0.25) is 5.82 Å². The van der Waals surface area contributed by atoms with Crippen LogP contribution in [-0.4, -0.2) is 18.2 Å². The number of halogens is 7. The summed E-state index contributed by atoms with van der Waals surface area (Å²) in [5.74, 6) is -12.1. The molecule has 0 aromatic heterocycles. The minimum Gasteiger partial charge on any atom is -0.487 e. The highest BCUT2D eigenvalue weighted by atomic mass is 35.5. The van der Waals surface area contributed by atoms with Gasteiger partial charge in [-0.3, -0.25) is 4.79 Å². The summed E-state index contributed by atoms with van der Waals surface area (Å²) in [6.07, 6.45) is 2.67. The number of amides is 1. The fourth-order valence-corrected chi connectivity index (χ4v) is 3.32. The molecule has 162 valence electrons. The largest absolute Gasteiger partial charge is 0.487 e. The number of carbonyl (C=O) groups excluding carboxylic acids is 1. The Balaban J connectivity index is 2.12. The molecule has 4 nitrogen and oxygen atoms in total. The maximum Gasteiger partial charge on any atom is 0.280 e. The quantitative estimate of drug-likeness (QED) is 0.173. The van der Waals surface area contributed by atoms with Crippen molar-refractivity contribution in [3.63, 3.8) is 0 Å². The van der Waals surface area contributed by atoms with E-state index in [2.05, 4.69) is 11.7 Å². The van der Waals surface area contributed by atoms with Crippen LogP contribution in [0.25, 0.3) is 6.08 Å². The van der Waals surface area contributed by atoms with Crippen molar-refractivity contribution in [2.75, 3.05) is 11.6 Å². The molecular weight excluding hydrogens is 466 g/mol. The second-order valence-corrected chi connectivity index (χ2v) is 7.03. The van der Waals surface area contributed by atoms with Crippen LogP contribution in [0.5, 0.6) is 5.75 Å².